The summed E-state index contributed by atoms with van der Waals surface area (Å²) in [4.78, 5) is 27.2. The lowest BCUT2D eigenvalue weighted by Crippen LogP contribution is -2.30. The number of hydrogen-bond donors (Lipinski definition) is 1. The van der Waals surface area contributed by atoms with Gasteiger partial charge < -0.3 is 0 Å². The first-order valence-corrected chi connectivity index (χ1v) is 6.70. The summed E-state index contributed by atoms with van der Waals surface area (Å²) < 4.78 is 1.48. The van der Waals surface area contributed by atoms with Gasteiger partial charge in [0.25, 0.3) is 5.56 Å². The highest BCUT2D eigenvalue weighted by molar-refractivity contribution is 7.99. The second-order valence-corrected chi connectivity index (χ2v) is 5.00. The maximum Gasteiger partial charge on any atom is 0.328 e. The van der Waals surface area contributed by atoms with E-state index in [9.17, 15) is 9.59 Å². The Morgan fingerprint density at radius 2 is 2.00 bits per heavy atom. The molecule has 0 aliphatic rings. The van der Waals surface area contributed by atoms with Crippen LogP contribution in [-0.2, 0) is 6.54 Å². The van der Waals surface area contributed by atoms with E-state index in [-0.39, 0.29) is 11.2 Å². The Morgan fingerprint density at radius 3 is 2.68 bits per heavy atom. The number of aromatic amines is 1. The van der Waals surface area contributed by atoms with Crippen LogP contribution in [0.2, 0.25) is 0 Å². The highest BCUT2D eigenvalue weighted by atomic mass is 32.2. The summed E-state index contributed by atoms with van der Waals surface area (Å²) in [6, 6.07) is 9.58. The highest BCUT2D eigenvalue weighted by Crippen LogP contribution is 2.23. The van der Waals surface area contributed by atoms with Crippen LogP contribution in [-0.4, -0.2) is 9.55 Å². The van der Waals surface area contributed by atoms with Gasteiger partial charge in [-0.15, -0.1) is 0 Å². The Labute approximate surface area is 114 Å². The minimum Gasteiger partial charge on any atom is -0.296 e. The second kappa shape index (κ2) is 6.24. The van der Waals surface area contributed by atoms with Crippen molar-refractivity contribution in [1.82, 2.24) is 9.55 Å². The Hall–Kier alpha value is -2.01. The molecule has 1 aromatic carbocycles. The van der Waals surface area contributed by atoms with Crippen LogP contribution in [0.5, 0.6) is 0 Å². The fourth-order valence-corrected chi connectivity index (χ4v) is 2.40. The summed E-state index contributed by atoms with van der Waals surface area (Å²) in [7, 11) is 0. The maximum absolute atomic E-state index is 11.8. The van der Waals surface area contributed by atoms with E-state index in [2.05, 4.69) is 4.98 Å². The number of allylic oxidation sites excluding steroid dienone is 2. The topological polar surface area (TPSA) is 54.9 Å². The number of benzene rings is 1. The summed E-state index contributed by atoms with van der Waals surface area (Å²) >= 11 is 1.34. The van der Waals surface area contributed by atoms with E-state index in [0.717, 1.165) is 4.90 Å². The molecule has 1 N–H and O–H groups in total. The molecule has 2 rings (SSSR count). The van der Waals surface area contributed by atoms with Gasteiger partial charge >= 0.3 is 5.69 Å². The first-order valence-electron chi connectivity index (χ1n) is 5.88. The molecule has 1 aromatic heterocycles. The van der Waals surface area contributed by atoms with E-state index in [0.29, 0.717) is 11.4 Å². The minimum atomic E-state index is -0.388. The van der Waals surface area contributed by atoms with Gasteiger partial charge in [-0.25, -0.2) is 4.79 Å². The molecule has 0 spiro atoms. The van der Waals surface area contributed by atoms with Gasteiger partial charge in [-0.2, -0.15) is 0 Å². The zero-order chi connectivity index (χ0) is 13.7. The molecule has 0 unspecified atom stereocenters. The van der Waals surface area contributed by atoms with E-state index >= 15 is 0 Å². The molecule has 0 saturated carbocycles. The van der Waals surface area contributed by atoms with Crippen LogP contribution in [0, 0.1) is 0 Å². The molecular formula is C14H14N2O2S. The first kappa shape index (κ1) is 13.4. The number of aromatic nitrogens is 2. The monoisotopic (exact) mass is 274 g/mol. The van der Waals surface area contributed by atoms with E-state index in [1.165, 1.54) is 16.3 Å². The standard InChI is InChI=1S/C14H14N2O2S/c1-2-3-9-16-10-12(13(17)15-14(16)18)19-11-7-5-4-6-8-11/h2-8,10H,9H2,1H3,(H,15,17,18). The van der Waals surface area contributed by atoms with Crippen molar-refractivity contribution in [3.05, 3.63) is 69.5 Å². The van der Waals surface area contributed by atoms with Crippen molar-refractivity contribution in [2.75, 3.05) is 0 Å². The van der Waals surface area contributed by atoms with Crippen LogP contribution >= 0.6 is 11.8 Å². The summed E-state index contributed by atoms with van der Waals surface area (Å²) in [5, 5.41) is 0. The zero-order valence-electron chi connectivity index (χ0n) is 10.5. The van der Waals surface area contributed by atoms with Crippen LogP contribution in [0.4, 0.5) is 0 Å². The molecule has 2 aromatic rings. The largest absolute Gasteiger partial charge is 0.328 e. The van der Waals surface area contributed by atoms with Crippen molar-refractivity contribution in [2.45, 2.75) is 23.3 Å². The number of H-pyrrole nitrogens is 1. The number of rotatable bonds is 4. The number of hydrogen-bond acceptors (Lipinski definition) is 3. The summed E-state index contributed by atoms with van der Waals surface area (Å²) in [5.41, 5.74) is -0.740. The van der Waals surface area contributed by atoms with Crippen LogP contribution < -0.4 is 11.2 Å². The third kappa shape index (κ3) is 3.48. The lowest BCUT2D eigenvalue weighted by molar-refractivity contribution is 0.715. The van der Waals surface area contributed by atoms with Gasteiger partial charge in [0.15, 0.2) is 0 Å². The van der Waals surface area contributed by atoms with E-state index in [1.54, 1.807) is 6.20 Å². The summed E-state index contributed by atoms with van der Waals surface area (Å²) in [5.74, 6) is 0. The Balaban J connectivity index is 2.35. The van der Waals surface area contributed by atoms with Gasteiger partial charge in [-0.3, -0.25) is 14.3 Å². The van der Waals surface area contributed by atoms with Crippen LogP contribution in [0.3, 0.4) is 0 Å². The van der Waals surface area contributed by atoms with Crippen molar-refractivity contribution in [1.29, 1.82) is 0 Å². The normalized spacial score (nSPS) is 11.0. The van der Waals surface area contributed by atoms with Crippen molar-refractivity contribution in [2.24, 2.45) is 0 Å². The Morgan fingerprint density at radius 1 is 1.26 bits per heavy atom. The predicted molar refractivity (Wildman–Crippen MR) is 76.7 cm³/mol. The quantitative estimate of drug-likeness (QED) is 0.870. The predicted octanol–water partition coefficient (Wildman–Crippen LogP) is 2.26. The van der Waals surface area contributed by atoms with Crippen LogP contribution in [0.25, 0.3) is 0 Å². The maximum atomic E-state index is 11.8. The molecule has 19 heavy (non-hydrogen) atoms. The molecule has 1 heterocycles. The van der Waals surface area contributed by atoms with Crippen molar-refractivity contribution >= 4 is 11.8 Å². The molecule has 0 aliphatic heterocycles. The molecular weight excluding hydrogens is 260 g/mol. The highest BCUT2D eigenvalue weighted by Gasteiger charge is 2.05. The lowest BCUT2D eigenvalue weighted by Gasteiger charge is -2.05. The molecule has 0 atom stereocenters. The molecule has 5 heteroatoms. The molecule has 4 nitrogen and oxygen atoms in total. The van der Waals surface area contributed by atoms with E-state index in [1.807, 2.05) is 49.4 Å². The molecule has 0 radical (unpaired) electrons. The summed E-state index contributed by atoms with van der Waals surface area (Å²) in [6.07, 6.45) is 5.32. The molecule has 0 aliphatic carbocycles. The third-order valence-corrected chi connectivity index (χ3v) is 3.51. The molecule has 0 amide bonds. The van der Waals surface area contributed by atoms with Crippen LogP contribution in [0.1, 0.15) is 6.92 Å². The molecule has 0 bridgehead atoms. The average Bonchev–Trinajstić information content (AvgIpc) is 2.42. The second-order valence-electron chi connectivity index (χ2n) is 3.89. The van der Waals surface area contributed by atoms with Crippen molar-refractivity contribution in [3.8, 4) is 0 Å². The summed E-state index contributed by atoms with van der Waals surface area (Å²) in [6.45, 7) is 2.34. The third-order valence-electron chi connectivity index (χ3n) is 2.49. The van der Waals surface area contributed by atoms with E-state index < -0.39 is 0 Å². The number of nitrogens with zero attached hydrogens (tertiary/aromatic N) is 1. The molecule has 0 fully saturated rings. The van der Waals surface area contributed by atoms with Gasteiger partial charge in [-0.05, 0) is 19.1 Å². The van der Waals surface area contributed by atoms with E-state index in [4.69, 9.17) is 0 Å². The fourth-order valence-electron chi connectivity index (χ4n) is 1.53. The fraction of sp³-hybridized carbons (Fsp3) is 0.143. The molecule has 0 saturated heterocycles. The van der Waals surface area contributed by atoms with Gasteiger partial charge in [0.1, 0.15) is 0 Å². The molecule has 98 valence electrons. The Kier molecular flexibility index (Phi) is 4.41. The van der Waals surface area contributed by atoms with Gasteiger partial charge in [0, 0.05) is 17.6 Å². The number of nitrogens with one attached hydrogen (secondary N) is 1. The smallest absolute Gasteiger partial charge is 0.296 e. The van der Waals surface area contributed by atoms with Gasteiger partial charge in [0.05, 0.1) is 4.90 Å². The van der Waals surface area contributed by atoms with Crippen LogP contribution in [0.15, 0.2) is 68.1 Å². The van der Waals surface area contributed by atoms with Crippen molar-refractivity contribution < 1.29 is 0 Å². The zero-order valence-corrected chi connectivity index (χ0v) is 11.3. The Bertz CT molecular complexity index is 687. The van der Waals surface area contributed by atoms with Crippen molar-refractivity contribution in [3.63, 3.8) is 0 Å². The van der Waals surface area contributed by atoms with Gasteiger partial charge in [-0.1, -0.05) is 42.1 Å². The lowest BCUT2D eigenvalue weighted by atomic mass is 10.4. The first-order chi connectivity index (χ1) is 9.20. The SMILES string of the molecule is CC=CCn1cc(Sc2ccccc2)c(=O)[nH]c1=O. The van der Waals surface area contributed by atoms with Gasteiger partial charge in [0.2, 0.25) is 0 Å². The minimum absolute atomic E-state index is 0.351. The average molecular weight is 274 g/mol.